The van der Waals surface area contributed by atoms with Crippen LogP contribution < -0.4 is 15.6 Å². The Morgan fingerprint density at radius 3 is 2.48 bits per heavy atom. The normalized spacial score (nSPS) is 18.9. The molecule has 0 bridgehead atoms. The van der Waals surface area contributed by atoms with Crippen molar-refractivity contribution >= 4 is 11.8 Å². The number of hydrogen-bond acceptors (Lipinski definition) is 5. The lowest BCUT2D eigenvalue weighted by atomic mass is 9.97. The van der Waals surface area contributed by atoms with Crippen LogP contribution in [0.3, 0.4) is 0 Å². The fourth-order valence-corrected chi connectivity index (χ4v) is 3.74. The number of benzene rings is 1. The second kappa shape index (κ2) is 8.21. The van der Waals surface area contributed by atoms with Gasteiger partial charge in [0, 0.05) is 30.5 Å². The average Bonchev–Trinajstić information content (AvgIpc) is 3.60. The number of piperidine rings is 1. The standard InChI is InChI=1S/C22H25N3O4/c1-29-19-9-7-17(8-10-19)24-14-16(4-11-20(24)26)22(28)25(18-5-6-18)21(27)15-3-2-12-23-13-15/h4,7-11,14-15,18,23H,2-3,5-6,12-13H2,1H3. The molecule has 1 saturated heterocycles. The summed E-state index contributed by atoms with van der Waals surface area (Å²) >= 11 is 0. The van der Waals surface area contributed by atoms with E-state index in [0.717, 1.165) is 32.2 Å². The Hall–Kier alpha value is -2.93. The maximum atomic E-state index is 13.3. The van der Waals surface area contributed by atoms with Gasteiger partial charge in [-0.3, -0.25) is 23.9 Å². The Morgan fingerprint density at radius 1 is 1.10 bits per heavy atom. The number of carbonyl (C=O) groups excluding carboxylic acids is 2. The SMILES string of the molecule is COc1ccc(-n2cc(C(=O)N(C(=O)C3CCCNC3)C3CC3)ccc2=O)cc1. The molecule has 2 amide bonds. The summed E-state index contributed by atoms with van der Waals surface area (Å²) in [6.07, 6.45) is 4.94. The van der Waals surface area contributed by atoms with Gasteiger partial charge in [-0.05, 0) is 62.6 Å². The minimum atomic E-state index is -0.328. The van der Waals surface area contributed by atoms with E-state index in [0.29, 0.717) is 23.5 Å². The van der Waals surface area contributed by atoms with Crippen LogP contribution in [0.2, 0.25) is 0 Å². The average molecular weight is 395 g/mol. The van der Waals surface area contributed by atoms with E-state index in [1.165, 1.54) is 27.8 Å². The summed E-state index contributed by atoms with van der Waals surface area (Å²) in [5, 5.41) is 3.24. The van der Waals surface area contributed by atoms with Gasteiger partial charge in [0.15, 0.2) is 0 Å². The maximum Gasteiger partial charge on any atom is 0.262 e. The van der Waals surface area contributed by atoms with Gasteiger partial charge in [0.2, 0.25) is 5.91 Å². The Morgan fingerprint density at radius 2 is 1.86 bits per heavy atom. The number of aromatic nitrogens is 1. The number of imide groups is 1. The highest BCUT2D eigenvalue weighted by Gasteiger charge is 2.40. The number of carbonyl (C=O) groups is 2. The predicted octanol–water partition coefficient (Wildman–Crippen LogP) is 1.98. The third-order valence-electron chi connectivity index (χ3n) is 5.52. The zero-order chi connectivity index (χ0) is 20.4. The molecule has 4 rings (SSSR count). The van der Waals surface area contributed by atoms with Crippen molar-refractivity contribution < 1.29 is 14.3 Å². The molecule has 152 valence electrons. The monoisotopic (exact) mass is 395 g/mol. The highest BCUT2D eigenvalue weighted by atomic mass is 16.5. The molecule has 0 spiro atoms. The Labute approximate surface area is 169 Å². The summed E-state index contributed by atoms with van der Waals surface area (Å²) in [4.78, 5) is 40.1. The molecule has 2 heterocycles. The van der Waals surface area contributed by atoms with Crippen LogP contribution in [0.4, 0.5) is 0 Å². The van der Waals surface area contributed by atoms with Crippen LogP contribution in [-0.4, -0.2) is 47.5 Å². The molecule has 1 aromatic carbocycles. The third kappa shape index (κ3) is 4.10. The fraction of sp³-hybridized carbons (Fsp3) is 0.409. The van der Waals surface area contributed by atoms with Gasteiger partial charge in [-0.25, -0.2) is 0 Å². The van der Waals surface area contributed by atoms with E-state index in [9.17, 15) is 14.4 Å². The highest BCUT2D eigenvalue weighted by molar-refractivity contribution is 6.05. The summed E-state index contributed by atoms with van der Waals surface area (Å²) < 4.78 is 6.58. The smallest absolute Gasteiger partial charge is 0.262 e. The molecule has 1 atom stereocenters. The van der Waals surface area contributed by atoms with E-state index in [2.05, 4.69) is 5.32 Å². The van der Waals surface area contributed by atoms with Gasteiger partial charge in [-0.15, -0.1) is 0 Å². The van der Waals surface area contributed by atoms with Gasteiger partial charge in [0.1, 0.15) is 5.75 Å². The van der Waals surface area contributed by atoms with E-state index in [-0.39, 0.29) is 29.3 Å². The Balaban J connectivity index is 1.63. The first-order chi connectivity index (χ1) is 14.1. The van der Waals surface area contributed by atoms with E-state index in [4.69, 9.17) is 4.74 Å². The molecule has 2 aliphatic rings. The molecule has 1 aromatic heterocycles. The first kappa shape index (κ1) is 19.4. The lowest BCUT2D eigenvalue weighted by Crippen LogP contribution is -2.47. The van der Waals surface area contributed by atoms with Crippen molar-refractivity contribution in [1.29, 1.82) is 0 Å². The molecular weight excluding hydrogens is 370 g/mol. The summed E-state index contributed by atoms with van der Waals surface area (Å²) in [7, 11) is 1.58. The number of pyridine rings is 1. The molecule has 1 aliphatic carbocycles. The summed E-state index contributed by atoms with van der Waals surface area (Å²) in [6.45, 7) is 1.52. The topological polar surface area (TPSA) is 80.6 Å². The number of rotatable bonds is 5. The lowest BCUT2D eigenvalue weighted by molar-refractivity contribution is -0.133. The van der Waals surface area contributed by atoms with Crippen LogP contribution in [0.5, 0.6) is 5.75 Å². The minimum absolute atomic E-state index is 0.0294. The van der Waals surface area contributed by atoms with Gasteiger partial charge < -0.3 is 10.1 Å². The third-order valence-corrected chi connectivity index (χ3v) is 5.52. The summed E-state index contributed by atoms with van der Waals surface area (Å²) in [5.41, 5.74) is 0.725. The van der Waals surface area contributed by atoms with Gasteiger partial charge in [-0.1, -0.05) is 0 Å². The van der Waals surface area contributed by atoms with Crippen LogP contribution in [0.25, 0.3) is 5.69 Å². The second-order valence-corrected chi connectivity index (χ2v) is 7.61. The van der Waals surface area contributed by atoms with E-state index >= 15 is 0 Å². The highest BCUT2D eigenvalue weighted by Crippen LogP contribution is 2.31. The molecule has 2 aromatic rings. The van der Waals surface area contributed by atoms with Gasteiger partial charge in [0.05, 0.1) is 18.6 Å². The summed E-state index contributed by atoms with van der Waals surface area (Å²) in [6, 6.07) is 9.87. The number of methoxy groups -OCH3 is 1. The quantitative estimate of drug-likeness (QED) is 0.783. The van der Waals surface area contributed by atoms with Crippen molar-refractivity contribution in [3.05, 3.63) is 58.5 Å². The number of amides is 2. The number of ether oxygens (including phenoxy) is 1. The van der Waals surface area contributed by atoms with E-state index in [1.807, 2.05) is 0 Å². The largest absolute Gasteiger partial charge is 0.497 e. The molecule has 2 fully saturated rings. The number of nitrogens with one attached hydrogen (secondary N) is 1. The van der Waals surface area contributed by atoms with Crippen LogP contribution >= 0.6 is 0 Å². The minimum Gasteiger partial charge on any atom is -0.497 e. The first-order valence-corrected chi connectivity index (χ1v) is 10.0. The maximum absolute atomic E-state index is 13.3. The summed E-state index contributed by atoms with van der Waals surface area (Å²) in [5.74, 6) is 0.0821. The van der Waals surface area contributed by atoms with Gasteiger partial charge in [-0.2, -0.15) is 0 Å². The van der Waals surface area contributed by atoms with Crippen LogP contribution in [0.15, 0.2) is 47.4 Å². The van der Waals surface area contributed by atoms with Crippen LogP contribution in [0, 0.1) is 5.92 Å². The van der Waals surface area contributed by atoms with Crippen molar-refractivity contribution in [2.45, 2.75) is 31.7 Å². The van der Waals surface area contributed by atoms with Gasteiger partial charge >= 0.3 is 0 Å². The molecule has 7 nitrogen and oxygen atoms in total. The van der Waals surface area contributed by atoms with E-state index in [1.54, 1.807) is 31.4 Å². The number of hydrogen-bond donors (Lipinski definition) is 1. The number of nitrogens with zero attached hydrogens (tertiary/aromatic N) is 2. The second-order valence-electron chi connectivity index (χ2n) is 7.61. The van der Waals surface area contributed by atoms with Crippen LogP contribution in [-0.2, 0) is 4.79 Å². The first-order valence-electron chi connectivity index (χ1n) is 10.0. The van der Waals surface area contributed by atoms with Gasteiger partial charge in [0.25, 0.3) is 11.5 Å². The molecule has 0 radical (unpaired) electrons. The molecule has 1 aliphatic heterocycles. The molecular formula is C22H25N3O4. The van der Waals surface area contributed by atoms with Crippen molar-refractivity contribution in [2.75, 3.05) is 20.2 Å². The predicted molar refractivity (Wildman–Crippen MR) is 108 cm³/mol. The molecule has 1 N–H and O–H groups in total. The van der Waals surface area contributed by atoms with Crippen molar-refractivity contribution in [3.8, 4) is 11.4 Å². The lowest BCUT2D eigenvalue weighted by Gasteiger charge is -2.28. The molecule has 29 heavy (non-hydrogen) atoms. The Kier molecular flexibility index (Phi) is 5.49. The molecule has 1 saturated carbocycles. The van der Waals surface area contributed by atoms with E-state index < -0.39 is 0 Å². The Bertz CT molecular complexity index is 957. The fourth-order valence-electron chi connectivity index (χ4n) is 3.74. The van der Waals surface area contributed by atoms with Crippen molar-refractivity contribution in [3.63, 3.8) is 0 Å². The van der Waals surface area contributed by atoms with Crippen molar-refractivity contribution in [2.24, 2.45) is 5.92 Å². The zero-order valence-electron chi connectivity index (χ0n) is 16.5. The van der Waals surface area contributed by atoms with Crippen LogP contribution in [0.1, 0.15) is 36.0 Å². The molecule has 7 heteroatoms. The molecule has 1 unspecified atom stereocenters. The van der Waals surface area contributed by atoms with Crippen molar-refractivity contribution in [1.82, 2.24) is 14.8 Å². The zero-order valence-corrected chi connectivity index (χ0v) is 16.5.